The number of benzene rings is 2. The Balaban J connectivity index is 2.06. The third-order valence-corrected chi connectivity index (χ3v) is 5.25. The van der Waals surface area contributed by atoms with Crippen LogP contribution in [0.4, 0.5) is 18.0 Å². The van der Waals surface area contributed by atoms with Crippen molar-refractivity contribution >= 4 is 12.1 Å². The van der Waals surface area contributed by atoms with Gasteiger partial charge in [0.25, 0.3) is 0 Å². The summed E-state index contributed by atoms with van der Waals surface area (Å²) in [6, 6.07) is 16.0. The van der Waals surface area contributed by atoms with Gasteiger partial charge in [-0.05, 0) is 44.7 Å². The monoisotopic (exact) mass is 463 g/mol. The van der Waals surface area contributed by atoms with Gasteiger partial charge in [-0.3, -0.25) is 4.90 Å². The maximum Gasteiger partial charge on any atom is 0.411 e. The van der Waals surface area contributed by atoms with Crippen molar-refractivity contribution in [2.45, 2.75) is 70.0 Å². The Morgan fingerprint density at radius 2 is 1.52 bits per heavy atom. The first-order chi connectivity index (χ1) is 15.5. The highest BCUT2D eigenvalue weighted by Gasteiger charge is 2.49. The summed E-state index contributed by atoms with van der Waals surface area (Å²) >= 11 is 0. The number of hydrogen-bond donors (Lipinski definition) is 0. The van der Waals surface area contributed by atoms with Gasteiger partial charge in [0.05, 0.1) is 0 Å². The molecule has 1 saturated heterocycles. The highest BCUT2D eigenvalue weighted by molar-refractivity contribution is 5.83. The van der Waals surface area contributed by atoms with Gasteiger partial charge in [-0.1, -0.05) is 60.7 Å². The van der Waals surface area contributed by atoms with Gasteiger partial charge in [0.1, 0.15) is 17.7 Å². The Hall–Kier alpha value is -3.03. The quantitative estimate of drug-likeness (QED) is 0.484. The molecular formula is C25H28F3NO4. The van der Waals surface area contributed by atoms with Crippen molar-refractivity contribution in [3.8, 4) is 0 Å². The molecule has 33 heavy (non-hydrogen) atoms. The number of amides is 1. The highest BCUT2D eigenvalue weighted by Crippen LogP contribution is 2.44. The molecule has 2 aromatic carbocycles. The lowest BCUT2D eigenvalue weighted by Crippen LogP contribution is -2.55. The molecule has 3 rings (SSSR count). The minimum Gasteiger partial charge on any atom is -0.453 e. The molecule has 0 saturated carbocycles. The van der Waals surface area contributed by atoms with E-state index in [1.807, 2.05) is 12.1 Å². The molecule has 3 atom stereocenters. The molecule has 0 spiro atoms. The number of ether oxygens (including phenoxy) is 2. The molecule has 8 heteroatoms. The van der Waals surface area contributed by atoms with E-state index in [-0.39, 0.29) is 12.8 Å². The first kappa shape index (κ1) is 24.6. The number of halogens is 3. The van der Waals surface area contributed by atoms with E-state index in [1.165, 1.54) is 4.90 Å². The topological polar surface area (TPSA) is 55.8 Å². The van der Waals surface area contributed by atoms with Crippen LogP contribution in [-0.4, -0.2) is 34.8 Å². The summed E-state index contributed by atoms with van der Waals surface area (Å²) in [5, 5.41) is 0. The first-order valence-corrected chi connectivity index (χ1v) is 10.8. The molecule has 2 aromatic rings. The second-order valence-electron chi connectivity index (χ2n) is 9.03. The molecule has 0 bridgehead atoms. The molecule has 0 aliphatic carbocycles. The van der Waals surface area contributed by atoms with Gasteiger partial charge in [-0.25, -0.2) is 9.59 Å². The zero-order valence-corrected chi connectivity index (χ0v) is 18.8. The third kappa shape index (κ3) is 6.49. The van der Waals surface area contributed by atoms with Gasteiger partial charge in [0, 0.05) is 6.42 Å². The smallest absolute Gasteiger partial charge is 0.411 e. The molecule has 0 radical (unpaired) electrons. The van der Waals surface area contributed by atoms with Crippen molar-refractivity contribution < 1.29 is 32.2 Å². The standard InChI is InChI=1S/C25H28F3NO4/c1-24(2,3)33-23(31)29-19(15-10-16-25(26,27)28)22(30)32-21(18-13-8-5-9-14-18)20(29)17-11-6-4-7-12-17/h4-9,11-14,19-21H,10,15-16H2,1-3H3. The minimum absolute atomic E-state index is 0.192. The van der Waals surface area contributed by atoms with E-state index in [4.69, 9.17) is 9.47 Å². The van der Waals surface area contributed by atoms with E-state index in [1.54, 1.807) is 69.3 Å². The van der Waals surface area contributed by atoms with Crippen LogP contribution in [-0.2, 0) is 14.3 Å². The molecule has 0 aromatic heterocycles. The number of morpholine rings is 1. The predicted molar refractivity (Wildman–Crippen MR) is 116 cm³/mol. The van der Waals surface area contributed by atoms with Crippen molar-refractivity contribution in [3.05, 3.63) is 71.8 Å². The van der Waals surface area contributed by atoms with Crippen LogP contribution in [0.5, 0.6) is 0 Å². The molecule has 1 aliphatic heterocycles. The SMILES string of the molecule is CC(C)(C)OC(=O)N1C(CCCC(F)(F)F)C(=O)OC(c2ccccc2)C1c1ccccc1. The summed E-state index contributed by atoms with van der Waals surface area (Å²) in [6.45, 7) is 5.08. The van der Waals surface area contributed by atoms with Crippen molar-refractivity contribution in [2.24, 2.45) is 0 Å². The first-order valence-electron chi connectivity index (χ1n) is 10.8. The van der Waals surface area contributed by atoms with Gasteiger partial charge < -0.3 is 9.47 Å². The Labute approximate surface area is 191 Å². The Kier molecular flexibility index (Phi) is 7.34. The Morgan fingerprint density at radius 3 is 2.03 bits per heavy atom. The minimum atomic E-state index is -4.36. The van der Waals surface area contributed by atoms with Crippen molar-refractivity contribution in [1.29, 1.82) is 0 Å². The van der Waals surface area contributed by atoms with Crippen LogP contribution in [0.25, 0.3) is 0 Å². The summed E-state index contributed by atoms with van der Waals surface area (Å²) in [4.78, 5) is 27.7. The van der Waals surface area contributed by atoms with E-state index < -0.39 is 48.4 Å². The van der Waals surface area contributed by atoms with Crippen LogP contribution in [0, 0.1) is 0 Å². The molecule has 178 valence electrons. The lowest BCUT2D eigenvalue weighted by Gasteiger charge is -2.45. The van der Waals surface area contributed by atoms with E-state index in [0.29, 0.717) is 11.1 Å². The van der Waals surface area contributed by atoms with Gasteiger partial charge in [0.2, 0.25) is 0 Å². The van der Waals surface area contributed by atoms with Crippen LogP contribution in [0.15, 0.2) is 60.7 Å². The fraction of sp³-hybridized carbons (Fsp3) is 0.440. The fourth-order valence-electron chi connectivity index (χ4n) is 3.91. The largest absolute Gasteiger partial charge is 0.453 e. The molecular weight excluding hydrogens is 435 g/mol. The number of carbonyl (C=O) groups is 2. The summed E-state index contributed by atoms with van der Waals surface area (Å²) < 4.78 is 49.7. The van der Waals surface area contributed by atoms with Crippen LogP contribution < -0.4 is 0 Å². The lowest BCUT2D eigenvalue weighted by atomic mass is 9.90. The lowest BCUT2D eigenvalue weighted by molar-refractivity contribution is -0.176. The Morgan fingerprint density at radius 1 is 0.970 bits per heavy atom. The van der Waals surface area contributed by atoms with E-state index in [2.05, 4.69) is 0 Å². The molecule has 1 heterocycles. The van der Waals surface area contributed by atoms with E-state index in [9.17, 15) is 22.8 Å². The number of nitrogens with zero attached hydrogens (tertiary/aromatic N) is 1. The summed E-state index contributed by atoms with van der Waals surface area (Å²) in [5.74, 6) is -0.746. The molecule has 1 fully saturated rings. The zero-order chi connectivity index (χ0) is 24.2. The van der Waals surface area contributed by atoms with Gasteiger partial charge in [0.15, 0.2) is 6.10 Å². The van der Waals surface area contributed by atoms with Crippen molar-refractivity contribution in [3.63, 3.8) is 0 Å². The molecule has 3 unspecified atom stereocenters. The molecule has 5 nitrogen and oxygen atoms in total. The number of esters is 1. The molecule has 0 N–H and O–H groups in total. The van der Waals surface area contributed by atoms with Gasteiger partial charge in [-0.2, -0.15) is 13.2 Å². The fourth-order valence-corrected chi connectivity index (χ4v) is 3.91. The summed E-state index contributed by atoms with van der Waals surface area (Å²) in [6.07, 6.45) is -7.54. The van der Waals surface area contributed by atoms with Gasteiger partial charge >= 0.3 is 18.2 Å². The van der Waals surface area contributed by atoms with Crippen molar-refractivity contribution in [2.75, 3.05) is 0 Å². The summed E-state index contributed by atoms with van der Waals surface area (Å²) in [7, 11) is 0. The maximum absolute atomic E-state index is 13.4. The molecule has 1 amide bonds. The Bertz CT molecular complexity index is 942. The van der Waals surface area contributed by atoms with Gasteiger partial charge in [-0.15, -0.1) is 0 Å². The second-order valence-corrected chi connectivity index (χ2v) is 9.03. The highest BCUT2D eigenvalue weighted by atomic mass is 19.4. The van der Waals surface area contributed by atoms with Crippen LogP contribution >= 0.6 is 0 Å². The van der Waals surface area contributed by atoms with Crippen LogP contribution in [0.2, 0.25) is 0 Å². The van der Waals surface area contributed by atoms with Crippen LogP contribution in [0.3, 0.4) is 0 Å². The second kappa shape index (κ2) is 9.85. The third-order valence-electron chi connectivity index (χ3n) is 5.25. The number of rotatable bonds is 5. The number of hydrogen-bond acceptors (Lipinski definition) is 4. The average Bonchev–Trinajstić information content (AvgIpc) is 2.73. The maximum atomic E-state index is 13.4. The number of alkyl halides is 3. The van der Waals surface area contributed by atoms with Crippen LogP contribution in [0.1, 0.15) is 63.3 Å². The normalized spacial score (nSPS) is 21.5. The van der Waals surface area contributed by atoms with E-state index >= 15 is 0 Å². The van der Waals surface area contributed by atoms with Crippen molar-refractivity contribution in [1.82, 2.24) is 4.90 Å². The molecule has 1 aliphatic rings. The van der Waals surface area contributed by atoms with E-state index in [0.717, 1.165) is 0 Å². The number of carbonyl (C=O) groups excluding carboxylic acids is 2. The number of cyclic esters (lactones) is 1. The average molecular weight is 463 g/mol. The zero-order valence-electron chi connectivity index (χ0n) is 18.8. The summed E-state index contributed by atoms with van der Waals surface area (Å²) in [5.41, 5.74) is 0.492. The predicted octanol–water partition coefficient (Wildman–Crippen LogP) is 6.36.